The third-order valence-corrected chi connectivity index (χ3v) is 3.57. The van der Waals surface area contributed by atoms with Crippen molar-refractivity contribution in [1.29, 1.82) is 0 Å². The van der Waals surface area contributed by atoms with Gasteiger partial charge in [-0.1, -0.05) is 12.1 Å². The van der Waals surface area contributed by atoms with Crippen molar-refractivity contribution in [3.63, 3.8) is 0 Å². The number of rotatable bonds is 5. The van der Waals surface area contributed by atoms with Crippen LogP contribution in [0.2, 0.25) is 0 Å². The van der Waals surface area contributed by atoms with Crippen LogP contribution >= 0.6 is 0 Å². The molecule has 19 heavy (non-hydrogen) atoms. The molecule has 0 saturated carbocycles. The second-order valence-electron chi connectivity index (χ2n) is 4.84. The molecule has 2 rings (SSSR count). The van der Waals surface area contributed by atoms with E-state index in [0.717, 1.165) is 37.9 Å². The van der Waals surface area contributed by atoms with E-state index in [2.05, 4.69) is 0 Å². The van der Waals surface area contributed by atoms with Gasteiger partial charge in [-0.3, -0.25) is 14.5 Å². The van der Waals surface area contributed by atoms with Crippen LogP contribution < -0.4 is 5.73 Å². The molecule has 5 heteroatoms. The highest BCUT2D eigenvalue weighted by molar-refractivity contribution is 5.92. The van der Waals surface area contributed by atoms with Crippen LogP contribution in [-0.2, 0) is 11.2 Å². The van der Waals surface area contributed by atoms with Crippen molar-refractivity contribution in [3.8, 4) is 0 Å². The molecule has 0 aromatic heterocycles. The fourth-order valence-electron chi connectivity index (χ4n) is 2.48. The molecule has 102 valence electrons. The van der Waals surface area contributed by atoms with Gasteiger partial charge in [0.25, 0.3) is 0 Å². The molecule has 1 heterocycles. The van der Waals surface area contributed by atoms with Crippen molar-refractivity contribution in [2.45, 2.75) is 25.3 Å². The first-order valence-corrected chi connectivity index (χ1v) is 6.43. The van der Waals surface area contributed by atoms with E-state index in [9.17, 15) is 9.59 Å². The zero-order valence-corrected chi connectivity index (χ0v) is 10.7. The van der Waals surface area contributed by atoms with E-state index in [1.54, 1.807) is 12.1 Å². The number of amides is 1. The predicted octanol–water partition coefficient (Wildman–Crippen LogP) is 0.877. The van der Waals surface area contributed by atoms with Gasteiger partial charge in [0.2, 0.25) is 5.91 Å². The lowest BCUT2D eigenvalue weighted by Crippen LogP contribution is -2.37. The number of hydrogen-bond acceptors (Lipinski definition) is 3. The van der Waals surface area contributed by atoms with Crippen LogP contribution in [0.1, 0.15) is 28.8 Å². The maximum Gasteiger partial charge on any atom is 0.320 e. The SMILES string of the molecule is NC(=O)c1ccc(CCN2CCCC2C(=O)O)cc1. The maximum atomic E-state index is 11.0. The van der Waals surface area contributed by atoms with Crippen molar-refractivity contribution in [1.82, 2.24) is 4.90 Å². The highest BCUT2D eigenvalue weighted by atomic mass is 16.4. The van der Waals surface area contributed by atoms with E-state index in [-0.39, 0.29) is 6.04 Å². The second kappa shape index (κ2) is 5.84. The Kier molecular flexibility index (Phi) is 4.16. The van der Waals surface area contributed by atoms with Gasteiger partial charge in [-0.25, -0.2) is 0 Å². The summed E-state index contributed by atoms with van der Waals surface area (Å²) >= 11 is 0. The number of benzene rings is 1. The fraction of sp³-hybridized carbons (Fsp3) is 0.429. The minimum atomic E-state index is -0.735. The van der Waals surface area contributed by atoms with Gasteiger partial charge in [0.1, 0.15) is 6.04 Å². The summed E-state index contributed by atoms with van der Waals surface area (Å²) in [6.45, 7) is 1.57. The van der Waals surface area contributed by atoms with Gasteiger partial charge in [0, 0.05) is 12.1 Å². The lowest BCUT2D eigenvalue weighted by Gasteiger charge is -2.20. The van der Waals surface area contributed by atoms with Crippen LogP contribution in [0, 0.1) is 0 Å². The van der Waals surface area contributed by atoms with Gasteiger partial charge < -0.3 is 10.8 Å². The molecule has 1 aromatic carbocycles. The van der Waals surface area contributed by atoms with Crippen LogP contribution in [0.3, 0.4) is 0 Å². The smallest absolute Gasteiger partial charge is 0.320 e. The molecule has 5 nitrogen and oxygen atoms in total. The Morgan fingerprint density at radius 3 is 2.58 bits per heavy atom. The Morgan fingerprint density at radius 2 is 2.00 bits per heavy atom. The Hall–Kier alpha value is -1.88. The summed E-state index contributed by atoms with van der Waals surface area (Å²) in [5, 5.41) is 9.09. The first-order valence-electron chi connectivity index (χ1n) is 6.43. The Bertz CT molecular complexity index is 470. The molecule has 0 aliphatic carbocycles. The zero-order valence-electron chi connectivity index (χ0n) is 10.7. The quantitative estimate of drug-likeness (QED) is 0.825. The monoisotopic (exact) mass is 262 g/mol. The topological polar surface area (TPSA) is 83.6 Å². The summed E-state index contributed by atoms with van der Waals surface area (Å²) in [4.78, 5) is 24.0. The summed E-state index contributed by atoms with van der Waals surface area (Å²) in [6, 6.07) is 6.80. The predicted molar refractivity (Wildman–Crippen MR) is 70.9 cm³/mol. The molecule has 1 aliphatic heterocycles. The summed E-state index contributed by atoms with van der Waals surface area (Å²) in [5.74, 6) is -1.17. The molecule has 1 fully saturated rings. The lowest BCUT2D eigenvalue weighted by molar-refractivity contribution is -0.142. The summed E-state index contributed by atoms with van der Waals surface area (Å²) < 4.78 is 0. The van der Waals surface area contributed by atoms with Crippen LogP contribution in [0.4, 0.5) is 0 Å². The van der Waals surface area contributed by atoms with Gasteiger partial charge in [-0.15, -0.1) is 0 Å². The number of nitrogens with two attached hydrogens (primary N) is 1. The van der Waals surface area contributed by atoms with Crippen LogP contribution in [0.15, 0.2) is 24.3 Å². The number of carbonyl (C=O) groups excluding carboxylic acids is 1. The molecular formula is C14H18N2O3. The van der Waals surface area contributed by atoms with E-state index >= 15 is 0 Å². The zero-order chi connectivity index (χ0) is 13.8. The number of carbonyl (C=O) groups is 2. The van der Waals surface area contributed by atoms with Crippen LogP contribution in [-0.4, -0.2) is 41.0 Å². The van der Waals surface area contributed by atoms with Gasteiger partial charge in [0.05, 0.1) is 0 Å². The molecular weight excluding hydrogens is 244 g/mol. The average Bonchev–Trinajstić information content (AvgIpc) is 2.85. The van der Waals surface area contributed by atoms with Crippen molar-refractivity contribution < 1.29 is 14.7 Å². The van der Waals surface area contributed by atoms with Crippen molar-refractivity contribution >= 4 is 11.9 Å². The normalized spacial score (nSPS) is 19.5. The highest BCUT2D eigenvalue weighted by Crippen LogP contribution is 2.18. The average molecular weight is 262 g/mol. The van der Waals surface area contributed by atoms with Gasteiger partial charge in [0.15, 0.2) is 0 Å². The number of nitrogens with zero attached hydrogens (tertiary/aromatic N) is 1. The van der Waals surface area contributed by atoms with E-state index < -0.39 is 11.9 Å². The van der Waals surface area contributed by atoms with Crippen LogP contribution in [0.25, 0.3) is 0 Å². The van der Waals surface area contributed by atoms with Crippen molar-refractivity contribution in [2.24, 2.45) is 5.73 Å². The number of carboxylic acid groups (broad SMARTS) is 1. The standard InChI is InChI=1S/C14H18N2O3/c15-13(17)11-5-3-10(4-6-11)7-9-16-8-1-2-12(16)14(18)19/h3-6,12H,1-2,7-9H2,(H2,15,17)(H,18,19). The van der Waals surface area contributed by atoms with Crippen LogP contribution in [0.5, 0.6) is 0 Å². The number of carboxylic acids is 1. The lowest BCUT2D eigenvalue weighted by atomic mass is 10.1. The Labute approximate surface area is 112 Å². The summed E-state index contributed by atoms with van der Waals surface area (Å²) in [6.07, 6.45) is 2.45. The van der Waals surface area contributed by atoms with E-state index in [1.165, 1.54) is 0 Å². The minimum Gasteiger partial charge on any atom is -0.480 e. The van der Waals surface area contributed by atoms with E-state index in [1.807, 2.05) is 17.0 Å². The number of primary amides is 1. The van der Waals surface area contributed by atoms with Gasteiger partial charge in [-0.2, -0.15) is 0 Å². The fourth-order valence-corrected chi connectivity index (χ4v) is 2.48. The maximum absolute atomic E-state index is 11.0. The Morgan fingerprint density at radius 1 is 1.32 bits per heavy atom. The molecule has 0 bridgehead atoms. The van der Waals surface area contributed by atoms with Crippen molar-refractivity contribution in [3.05, 3.63) is 35.4 Å². The van der Waals surface area contributed by atoms with E-state index in [0.29, 0.717) is 5.56 Å². The molecule has 1 atom stereocenters. The Balaban J connectivity index is 1.91. The third kappa shape index (κ3) is 3.32. The highest BCUT2D eigenvalue weighted by Gasteiger charge is 2.29. The molecule has 0 radical (unpaired) electrons. The first-order chi connectivity index (χ1) is 9.08. The number of aliphatic carboxylic acids is 1. The molecule has 1 aromatic rings. The second-order valence-corrected chi connectivity index (χ2v) is 4.84. The summed E-state index contributed by atoms with van der Waals surface area (Å²) in [7, 11) is 0. The number of hydrogen-bond donors (Lipinski definition) is 2. The first kappa shape index (κ1) is 13.5. The molecule has 1 aliphatic rings. The van der Waals surface area contributed by atoms with Gasteiger partial charge >= 0.3 is 5.97 Å². The molecule has 3 N–H and O–H groups in total. The molecule has 1 unspecified atom stereocenters. The molecule has 1 amide bonds. The largest absolute Gasteiger partial charge is 0.480 e. The molecule has 0 spiro atoms. The number of likely N-dealkylation sites (tertiary alicyclic amines) is 1. The third-order valence-electron chi connectivity index (χ3n) is 3.57. The van der Waals surface area contributed by atoms with Gasteiger partial charge in [-0.05, 0) is 43.5 Å². The minimum absolute atomic E-state index is 0.343. The summed E-state index contributed by atoms with van der Waals surface area (Å²) in [5.41, 5.74) is 6.75. The molecule has 1 saturated heterocycles. The van der Waals surface area contributed by atoms with Crippen molar-refractivity contribution in [2.75, 3.05) is 13.1 Å². The van der Waals surface area contributed by atoms with E-state index in [4.69, 9.17) is 10.8 Å².